The highest BCUT2D eigenvalue weighted by Gasteiger charge is 2.18. The Kier molecular flexibility index (Phi) is 5.02. The Balaban J connectivity index is 2.08. The van der Waals surface area contributed by atoms with E-state index in [2.05, 4.69) is 16.8 Å². The molecular weight excluding hydrogens is 243 g/mol. The van der Waals surface area contributed by atoms with E-state index in [1.165, 1.54) is 6.42 Å². The second-order valence-electron chi connectivity index (χ2n) is 4.49. The van der Waals surface area contributed by atoms with Crippen LogP contribution in [0.5, 0.6) is 5.75 Å². The van der Waals surface area contributed by atoms with Gasteiger partial charge in [-0.1, -0.05) is 12.8 Å². The lowest BCUT2D eigenvalue weighted by molar-refractivity contribution is 0.346. The summed E-state index contributed by atoms with van der Waals surface area (Å²) < 4.78 is 19.6. The Hall–Kier alpha value is -1.76. The van der Waals surface area contributed by atoms with Crippen molar-refractivity contribution < 1.29 is 9.13 Å². The third kappa shape index (κ3) is 3.60. The molecule has 0 N–H and O–H groups in total. The van der Waals surface area contributed by atoms with E-state index in [1.54, 1.807) is 12.3 Å². The number of pyridine rings is 1. The van der Waals surface area contributed by atoms with Gasteiger partial charge in [-0.05, 0) is 19.3 Å². The molecule has 2 rings (SSSR count). The largest absolute Gasteiger partial charge is 0.478 e. The van der Waals surface area contributed by atoms with Gasteiger partial charge in [0.1, 0.15) is 6.61 Å². The molecule has 0 radical (unpaired) electrons. The minimum absolute atomic E-state index is 0.216. The maximum atomic E-state index is 14.3. The van der Waals surface area contributed by atoms with Gasteiger partial charge in [0.05, 0.1) is 0 Å². The first kappa shape index (κ1) is 13.7. The van der Waals surface area contributed by atoms with Crippen molar-refractivity contribution in [2.45, 2.75) is 32.6 Å². The van der Waals surface area contributed by atoms with Gasteiger partial charge in [0.15, 0.2) is 11.6 Å². The molecule has 1 aliphatic rings. The number of hydrogen-bond donors (Lipinski definition) is 0. The van der Waals surface area contributed by atoms with Gasteiger partial charge in [-0.3, -0.25) is 0 Å². The van der Waals surface area contributed by atoms with Gasteiger partial charge in [-0.25, -0.2) is 4.98 Å². The Morgan fingerprint density at radius 3 is 2.84 bits per heavy atom. The fraction of sp³-hybridized carbons (Fsp3) is 0.533. The highest BCUT2D eigenvalue weighted by Crippen LogP contribution is 2.27. The van der Waals surface area contributed by atoms with E-state index in [9.17, 15) is 4.39 Å². The first-order valence-corrected chi connectivity index (χ1v) is 6.81. The lowest BCUT2D eigenvalue weighted by atomic mass is 10.1. The van der Waals surface area contributed by atoms with E-state index in [0.29, 0.717) is 5.82 Å². The molecule has 4 heteroatoms. The van der Waals surface area contributed by atoms with Crippen molar-refractivity contribution in [3.8, 4) is 17.6 Å². The molecule has 0 saturated carbocycles. The summed E-state index contributed by atoms with van der Waals surface area (Å²) in [6.45, 7) is 3.91. The van der Waals surface area contributed by atoms with E-state index in [-0.39, 0.29) is 18.2 Å². The smallest absolute Gasteiger partial charge is 0.207 e. The van der Waals surface area contributed by atoms with Gasteiger partial charge in [0.2, 0.25) is 5.82 Å². The molecule has 0 unspecified atom stereocenters. The average Bonchev–Trinajstić information content (AvgIpc) is 2.46. The highest BCUT2D eigenvalue weighted by atomic mass is 19.1. The van der Waals surface area contributed by atoms with Crippen molar-refractivity contribution in [3.63, 3.8) is 0 Å². The number of aromatic nitrogens is 1. The monoisotopic (exact) mass is 262 g/mol. The molecule has 0 amide bonds. The molecule has 3 nitrogen and oxygen atoms in total. The van der Waals surface area contributed by atoms with E-state index < -0.39 is 0 Å². The summed E-state index contributed by atoms with van der Waals surface area (Å²) in [5, 5.41) is 0. The van der Waals surface area contributed by atoms with Crippen LogP contribution in [0.25, 0.3) is 0 Å². The normalized spacial score (nSPS) is 14.7. The number of ether oxygens (including phenoxy) is 1. The molecule has 1 aromatic rings. The highest BCUT2D eigenvalue weighted by molar-refractivity contribution is 5.46. The van der Waals surface area contributed by atoms with Crippen LogP contribution in [-0.4, -0.2) is 24.7 Å². The number of halogens is 1. The molecule has 1 fully saturated rings. The zero-order valence-corrected chi connectivity index (χ0v) is 11.3. The van der Waals surface area contributed by atoms with Crippen molar-refractivity contribution >= 4 is 5.82 Å². The second-order valence-corrected chi connectivity index (χ2v) is 4.49. The average molecular weight is 262 g/mol. The van der Waals surface area contributed by atoms with Crippen LogP contribution >= 0.6 is 0 Å². The van der Waals surface area contributed by atoms with E-state index in [1.807, 2.05) is 11.8 Å². The molecule has 1 aromatic heterocycles. The Labute approximate surface area is 113 Å². The summed E-state index contributed by atoms with van der Waals surface area (Å²) >= 11 is 0. The van der Waals surface area contributed by atoms with E-state index in [0.717, 1.165) is 32.4 Å². The van der Waals surface area contributed by atoms with Crippen molar-refractivity contribution in [3.05, 3.63) is 18.1 Å². The molecule has 0 atom stereocenters. The van der Waals surface area contributed by atoms with Crippen LogP contribution in [0.4, 0.5) is 10.2 Å². The van der Waals surface area contributed by atoms with Crippen LogP contribution in [0.3, 0.4) is 0 Å². The van der Waals surface area contributed by atoms with Crippen molar-refractivity contribution in [2.75, 3.05) is 24.6 Å². The molecule has 1 aliphatic heterocycles. The van der Waals surface area contributed by atoms with Gasteiger partial charge >= 0.3 is 0 Å². The number of piperidine rings is 1. The van der Waals surface area contributed by atoms with Gasteiger partial charge in [-0.2, -0.15) is 4.39 Å². The molecule has 0 bridgehead atoms. The third-order valence-electron chi connectivity index (χ3n) is 3.09. The first-order chi connectivity index (χ1) is 9.33. The SMILES string of the molecule is CCC#CCOc1ccnc(N2CCCCC2)c1F. The molecule has 19 heavy (non-hydrogen) atoms. The zero-order chi connectivity index (χ0) is 13.5. The van der Waals surface area contributed by atoms with Gasteiger partial charge < -0.3 is 9.64 Å². The van der Waals surface area contributed by atoms with Gasteiger partial charge in [0.25, 0.3) is 0 Å². The Morgan fingerprint density at radius 1 is 1.32 bits per heavy atom. The summed E-state index contributed by atoms with van der Waals surface area (Å²) in [6.07, 6.45) is 5.76. The molecule has 0 aromatic carbocycles. The maximum absolute atomic E-state index is 14.3. The van der Waals surface area contributed by atoms with Crippen molar-refractivity contribution in [2.24, 2.45) is 0 Å². The molecule has 0 spiro atoms. The fourth-order valence-corrected chi connectivity index (χ4v) is 2.14. The predicted octanol–water partition coefficient (Wildman–Crippen LogP) is 3.00. The minimum Gasteiger partial charge on any atom is -0.478 e. The summed E-state index contributed by atoms with van der Waals surface area (Å²) in [5.74, 6) is 6.00. The molecule has 1 saturated heterocycles. The summed E-state index contributed by atoms with van der Waals surface area (Å²) in [6, 6.07) is 1.55. The van der Waals surface area contributed by atoms with Crippen LogP contribution in [0.1, 0.15) is 32.6 Å². The number of rotatable bonds is 3. The summed E-state index contributed by atoms with van der Waals surface area (Å²) in [7, 11) is 0. The quantitative estimate of drug-likeness (QED) is 0.783. The number of hydrogen-bond acceptors (Lipinski definition) is 3. The fourth-order valence-electron chi connectivity index (χ4n) is 2.14. The van der Waals surface area contributed by atoms with Crippen molar-refractivity contribution in [1.82, 2.24) is 4.98 Å². The maximum Gasteiger partial charge on any atom is 0.207 e. The zero-order valence-electron chi connectivity index (χ0n) is 11.3. The first-order valence-electron chi connectivity index (χ1n) is 6.81. The molecule has 102 valence electrons. The second kappa shape index (κ2) is 6.98. The lowest BCUT2D eigenvalue weighted by Gasteiger charge is -2.28. The van der Waals surface area contributed by atoms with Crippen LogP contribution < -0.4 is 9.64 Å². The Bertz CT molecular complexity index is 473. The minimum atomic E-state index is -0.373. The van der Waals surface area contributed by atoms with Crippen LogP contribution in [-0.2, 0) is 0 Å². The Morgan fingerprint density at radius 2 is 2.11 bits per heavy atom. The van der Waals surface area contributed by atoms with Crippen LogP contribution in [0, 0.1) is 17.7 Å². The third-order valence-corrected chi connectivity index (χ3v) is 3.09. The van der Waals surface area contributed by atoms with E-state index >= 15 is 0 Å². The molecular formula is C15H19FN2O. The topological polar surface area (TPSA) is 25.4 Å². The van der Waals surface area contributed by atoms with Gasteiger partial charge in [0, 0.05) is 31.8 Å². The number of anilines is 1. The van der Waals surface area contributed by atoms with Crippen LogP contribution in [0.2, 0.25) is 0 Å². The van der Waals surface area contributed by atoms with E-state index in [4.69, 9.17) is 4.74 Å². The summed E-state index contributed by atoms with van der Waals surface area (Å²) in [4.78, 5) is 6.13. The molecule has 2 heterocycles. The van der Waals surface area contributed by atoms with Crippen LogP contribution in [0.15, 0.2) is 12.3 Å². The standard InChI is InChI=1S/C15H19FN2O/c1-2-3-7-12-19-13-8-9-17-15(14(13)16)18-10-5-4-6-11-18/h8-9H,2,4-6,10-12H2,1H3. The molecule has 0 aliphatic carbocycles. The number of nitrogens with zero attached hydrogens (tertiary/aromatic N) is 2. The van der Waals surface area contributed by atoms with Gasteiger partial charge in [-0.15, -0.1) is 5.92 Å². The predicted molar refractivity (Wildman–Crippen MR) is 73.8 cm³/mol. The van der Waals surface area contributed by atoms with Crippen molar-refractivity contribution in [1.29, 1.82) is 0 Å². The summed E-state index contributed by atoms with van der Waals surface area (Å²) in [5.41, 5.74) is 0. The lowest BCUT2D eigenvalue weighted by Crippen LogP contribution is -2.31.